The van der Waals surface area contributed by atoms with E-state index in [-0.39, 0.29) is 5.91 Å². The molecule has 2 aromatic rings. The average molecular weight is 273 g/mol. The molecular formula is C14H19N5O. The maximum Gasteiger partial charge on any atom is 0.255 e. The molecule has 1 amide bonds. The fraction of sp³-hybridized carbons (Fsp3) is 0.429. The van der Waals surface area contributed by atoms with Crippen molar-refractivity contribution >= 4 is 5.91 Å². The van der Waals surface area contributed by atoms with E-state index >= 15 is 0 Å². The summed E-state index contributed by atoms with van der Waals surface area (Å²) in [7, 11) is 1.80. The third-order valence-electron chi connectivity index (χ3n) is 3.38. The van der Waals surface area contributed by atoms with Crippen molar-refractivity contribution in [3.05, 3.63) is 41.0 Å². The van der Waals surface area contributed by atoms with E-state index in [1.54, 1.807) is 18.0 Å². The fourth-order valence-corrected chi connectivity index (χ4v) is 2.17. The number of carbonyl (C=O) groups excluding carboxylic acids is 1. The highest BCUT2D eigenvalue weighted by Gasteiger charge is 2.12. The van der Waals surface area contributed by atoms with E-state index < -0.39 is 0 Å². The summed E-state index contributed by atoms with van der Waals surface area (Å²) in [5.74, 6) is -0.0273. The first kappa shape index (κ1) is 14.2. The maximum absolute atomic E-state index is 12.1. The Labute approximate surface area is 118 Å². The van der Waals surface area contributed by atoms with E-state index in [0.717, 1.165) is 24.2 Å². The van der Waals surface area contributed by atoms with Gasteiger partial charge in [0.05, 0.1) is 23.7 Å². The molecule has 0 unspecified atom stereocenters. The van der Waals surface area contributed by atoms with E-state index in [0.29, 0.717) is 12.1 Å². The topological polar surface area (TPSA) is 74.8 Å². The summed E-state index contributed by atoms with van der Waals surface area (Å²) in [5.41, 5.74) is 3.96. The minimum Gasteiger partial charge on any atom is -0.342 e. The molecule has 6 nitrogen and oxygen atoms in total. The Morgan fingerprint density at radius 3 is 2.75 bits per heavy atom. The molecule has 0 radical (unpaired) electrons. The molecule has 1 N–H and O–H groups in total. The minimum atomic E-state index is -0.0273. The highest BCUT2D eigenvalue weighted by molar-refractivity contribution is 5.93. The van der Waals surface area contributed by atoms with Gasteiger partial charge >= 0.3 is 0 Å². The van der Waals surface area contributed by atoms with Gasteiger partial charge in [-0.2, -0.15) is 15.3 Å². The predicted molar refractivity (Wildman–Crippen MR) is 75.4 cm³/mol. The van der Waals surface area contributed by atoms with Crippen LogP contribution in [0.2, 0.25) is 0 Å². The molecule has 106 valence electrons. The Balaban J connectivity index is 1.87. The van der Waals surface area contributed by atoms with E-state index in [2.05, 4.69) is 20.4 Å². The van der Waals surface area contributed by atoms with Gasteiger partial charge in [-0.1, -0.05) is 0 Å². The molecule has 6 heteroatoms. The number of aromatic amines is 1. The summed E-state index contributed by atoms with van der Waals surface area (Å²) in [6.07, 6.45) is 4.84. The van der Waals surface area contributed by atoms with Gasteiger partial charge in [0.1, 0.15) is 0 Å². The van der Waals surface area contributed by atoms with Crippen molar-refractivity contribution in [2.24, 2.45) is 0 Å². The summed E-state index contributed by atoms with van der Waals surface area (Å²) >= 11 is 0. The van der Waals surface area contributed by atoms with Crippen LogP contribution in [0.3, 0.4) is 0 Å². The van der Waals surface area contributed by atoms with Crippen LogP contribution in [0, 0.1) is 13.8 Å². The molecule has 0 bridgehead atoms. The van der Waals surface area contributed by atoms with Gasteiger partial charge in [0.2, 0.25) is 0 Å². The van der Waals surface area contributed by atoms with Gasteiger partial charge < -0.3 is 4.90 Å². The lowest BCUT2D eigenvalue weighted by Gasteiger charge is -2.16. The van der Waals surface area contributed by atoms with E-state index in [1.165, 1.54) is 18.0 Å². The summed E-state index contributed by atoms with van der Waals surface area (Å²) in [5, 5.41) is 14.5. The first-order valence-corrected chi connectivity index (χ1v) is 6.62. The van der Waals surface area contributed by atoms with Gasteiger partial charge in [0.15, 0.2) is 0 Å². The third kappa shape index (κ3) is 3.20. The standard InChI is InChI=1S/C14H19N5O/c1-10-13(11(2)18-17-10)5-4-8-19(3)14(20)12-6-7-15-16-9-12/h6-7,9H,4-5,8H2,1-3H3,(H,17,18). The average Bonchev–Trinajstić information content (AvgIpc) is 2.79. The largest absolute Gasteiger partial charge is 0.342 e. The first-order chi connectivity index (χ1) is 9.59. The van der Waals surface area contributed by atoms with Crippen molar-refractivity contribution in [3.8, 4) is 0 Å². The Kier molecular flexibility index (Phi) is 4.45. The lowest BCUT2D eigenvalue weighted by molar-refractivity contribution is 0.0793. The van der Waals surface area contributed by atoms with Crippen LogP contribution in [0.5, 0.6) is 0 Å². The second-order valence-corrected chi connectivity index (χ2v) is 4.87. The number of carbonyl (C=O) groups is 1. The Morgan fingerprint density at radius 1 is 1.35 bits per heavy atom. The number of nitrogens with one attached hydrogen (secondary N) is 1. The highest BCUT2D eigenvalue weighted by Crippen LogP contribution is 2.12. The smallest absolute Gasteiger partial charge is 0.255 e. The number of hydrogen-bond donors (Lipinski definition) is 1. The quantitative estimate of drug-likeness (QED) is 0.896. The molecule has 0 saturated heterocycles. The number of aromatic nitrogens is 4. The van der Waals surface area contributed by atoms with Crippen LogP contribution in [0.4, 0.5) is 0 Å². The number of rotatable bonds is 5. The van der Waals surface area contributed by atoms with Crippen LogP contribution in [0.1, 0.15) is 33.7 Å². The molecule has 20 heavy (non-hydrogen) atoms. The molecule has 0 saturated carbocycles. The second kappa shape index (κ2) is 6.27. The molecule has 0 aliphatic rings. The molecule has 2 heterocycles. The first-order valence-electron chi connectivity index (χ1n) is 6.62. The van der Waals surface area contributed by atoms with Crippen molar-refractivity contribution < 1.29 is 4.79 Å². The lowest BCUT2D eigenvalue weighted by atomic mass is 10.1. The van der Waals surface area contributed by atoms with Gasteiger partial charge in [0.25, 0.3) is 5.91 Å². The van der Waals surface area contributed by atoms with Crippen molar-refractivity contribution in [2.75, 3.05) is 13.6 Å². The lowest BCUT2D eigenvalue weighted by Crippen LogP contribution is -2.28. The summed E-state index contributed by atoms with van der Waals surface area (Å²) in [4.78, 5) is 13.8. The molecule has 0 aliphatic heterocycles. The maximum atomic E-state index is 12.1. The zero-order valence-corrected chi connectivity index (χ0v) is 12.1. The number of nitrogens with zero attached hydrogens (tertiary/aromatic N) is 4. The number of amides is 1. The molecule has 0 aliphatic carbocycles. The van der Waals surface area contributed by atoms with Crippen LogP contribution >= 0.6 is 0 Å². The van der Waals surface area contributed by atoms with E-state index in [1.807, 2.05) is 13.8 Å². The van der Waals surface area contributed by atoms with Gasteiger partial charge in [-0.3, -0.25) is 9.89 Å². The molecular weight excluding hydrogens is 254 g/mol. The normalized spacial score (nSPS) is 10.6. The Bertz CT molecular complexity index is 559. The number of H-pyrrole nitrogens is 1. The SMILES string of the molecule is Cc1n[nH]c(C)c1CCCN(C)C(=O)c1ccnnc1. The number of aryl methyl sites for hydroxylation is 2. The van der Waals surface area contributed by atoms with Gasteiger partial charge in [-0.25, -0.2) is 0 Å². The van der Waals surface area contributed by atoms with Crippen molar-refractivity contribution in [3.63, 3.8) is 0 Å². The summed E-state index contributed by atoms with van der Waals surface area (Å²) in [6.45, 7) is 4.72. The third-order valence-corrected chi connectivity index (χ3v) is 3.38. The van der Waals surface area contributed by atoms with Crippen LogP contribution < -0.4 is 0 Å². The van der Waals surface area contributed by atoms with Crippen LogP contribution in [0.15, 0.2) is 18.5 Å². The minimum absolute atomic E-state index is 0.0273. The van der Waals surface area contributed by atoms with Gasteiger partial charge in [0, 0.05) is 19.3 Å². The number of hydrogen-bond acceptors (Lipinski definition) is 4. The van der Waals surface area contributed by atoms with Crippen molar-refractivity contribution in [2.45, 2.75) is 26.7 Å². The Hall–Kier alpha value is -2.24. The monoisotopic (exact) mass is 273 g/mol. The zero-order valence-electron chi connectivity index (χ0n) is 12.1. The van der Waals surface area contributed by atoms with E-state index in [4.69, 9.17) is 0 Å². The molecule has 2 rings (SSSR count). The highest BCUT2D eigenvalue weighted by atomic mass is 16.2. The molecule has 0 fully saturated rings. The zero-order chi connectivity index (χ0) is 14.5. The van der Waals surface area contributed by atoms with Crippen LogP contribution in [0.25, 0.3) is 0 Å². The summed E-state index contributed by atoms with van der Waals surface area (Å²) in [6, 6.07) is 1.68. The van der Waals surface area contributed by atoms with E-state index in [9.17, 15) is 4.79 Å². The van der Waals surface area contributed by atoms with Crippen molar-refractivity contribution in [1.29, 1.82) is 0 Å². The second-order valence-electron chi connectivity index (χ2n) is 4.87. The Morgan fingerprint density at radius 2 is 2.15 bits per heavy atom. The summed E-state index contributed by atoms with van der Waals surface area (Å²) < 4.78 is 0. The van der Waals surface area contributed by atoms with Gasteiger partial charge in [-0.15, -0.1) is 0 Å². The molecule has 2 aromatic heterocycles. The van der Waals surface area contributed by atoms with Crippen LogP contribution in [-0.4, -0.2) is 44.8 Å². The molecule has 0 spiro atoms. The van der Waals surface area contributed by atoms with Gasteiger partial charge in [-0.05, 0) is 38.3 Å². The molecule has 0 atom stereocenters. The van der Waals surface area contributed by atoms with Crippen molar-refractivity contribution in [1.82, 2.24) is 25.3 Å². The molecule has 0 aromatic carbocycles. The predicted octanol–water partition coefficient (Wildman–Crippen LogP) is 1.52. The van der Waals surface area contributed by atoms with Crippen LogP contribution in [-0.2, 0) is 6.42 Å². The fourth-order valence-electron chi connectivity index (χ4n) is 2.17.